The number of para-hydroxylation sites is 1. The van der Waals surface area contributed by atoms with Crippen molar-refractivity contribution in [1.82, 2.24) is 8.96 Å². The third-order valence-corrected chi connectivity index (χ3v) is 3.98. The van der Waals surface area contributed by atoms with Crippen LogP contribution in [0.5, 0.6) is 5.75 Å². The van der Waals surface area contributed by atoms with Gasteiger partial charge in [0.1, 0.15) is 5.52 Å². The number of aromatic nitrogens is 2. The summed E-state index contributed by atoms with van der Waals surface area (Å²) in [6, 6.07) is 2.79. The van der Waals surface area contributed by atoms with Gasteiger partial charge in [0.2, 0.25) is 5.82 Å². The van der Waals surface area contributed by atoms with Crippen LogP contribution in [0.4, 0.5) is 30.7 Å². The van der Waals surface area contributed by atoms with Crippen LogP contribution in [0, 0.1) is 0 Å². The fraction of sp³-hybridized carbons (Fsp3) is 0.364. The van der Waals surface area contributed by atoms with E-state index in [4.69, 9.17) is 23.2 Å². The van der Waals surface area contributed by atoms with Crippen LogP contribution in [-0.4, -0.2) is 24.6 Å². The lowest BCUT2D eigenvalue weighted by Crippen LogP contribution is -2.32. The Kier molecular flexibility index (Phi) is 5.54. The van der Waals surface area contributed by atoms with Gasteiger partial charge in [0.25, 0.3) is 5.63 Å². The van der Waals surface area contributed by atoms with Crippen LogP contribution in [0.25, 0.3) is 11.0 Å². The summed E-state index contributed by atoms with van der Waals surface area (Å²) in [4.78, 5) is 3.12. The fourth-order valence-corrected chi connectivity index (χ4v) is 2.84. The van der Waals surface area contributed by atoms with Crippen molar-refractivity contribution in [3.05, 3.63) is 24.0 Å². The van der Waals surface area contributed by atoms with Crippen molar-refractivity contribution in [2.75, 3.05) is 0 Å². The van der Waals surface area contributed by atoms with Crippen LogP contribution >= 0.6 is 46.8 Å². The second-order valence-corrected chi connectivity index (χ2v) is 7.53. The molecule has 1 atom stereocenters. The topological polar surface area (TPSA) is 27.1 Å². The molecule has 2 aromatic rings. The van der Waals surface area contributed by atoms with Crippen LogP contribution in [0.1, 0.15) is 5.82 Å². The maximum absolute atomic E-state index is 13.4. The molecule has 14 heteroatoms. The number of alkyl halides is 10. The van der Waals surface area contributed by atoms with E-state index in [1.165, 1.54) is 0 Å². The van der Waals surface area contributed by atoms with E-state index >= 15 is 0 Å². The molecule has 1 unspecified atom stereocenters. The first kappa shape index (κ1) is 20.5. The quantitative estimate of drug-likeness (QED) is 0.405. The lowest BCUT2D eigenvalue weighted by Gasteiger charge is -2.18. The predicted octanol–water partition coefficient (Wildman–Crippen LogP) is 6.12. The van der Waals surface area contributed by atoms with E-state index in [1.54, 1.807) is 0 Å². The third kappa shape index (κ3) is 4.69. The summed E-state index contributed by atoms with van der Waals surface area (Å²) in [6.07, 6.45) is -9.66. The lowest BCUT2D eigenvalue weighted by atomic mass is 10.3. The predicted molar refractivity (Wildman–Crippen MR) is 79.6 cm³/mol. The van der Waals surface area contributed by atoms with Gasteiger partial charge in [-0.15, -0.1) is 0 Å². The number of imidazole rings is 1. The molecule has 1 aromatic carbocycles. The highest BCUT2D eigenvalue weighted by Crippen LogP contribution is 2.44. The van der Waals surface area contributed by atoms with Crippen molar-refractivity contribution in [3.8, 4) is 5.75 Å². The first-order valence-electron chi connectivity index (χ1n) is 5.92. The maximum atomic E-state index is 13.4. The molecule has 1 heterocycles. The van der Waals surface area contributed by atoms with Gasteiger partial charge in [-0.1, -0.05) is 40.9 Å². The second-order valence-electron chi connectivity index (χ2n) is 4.35. The van der Waals surface area contributed by atoms with Gasteiger partial charge in [-0.2, -0.15) is 26.3 Å². The van der Waals surface area contributed by atoms with Crippen LogP contribution < -0.4 is 4.74 Å². The summed E-state index contributed by atoms with van der Waals surface area (Å²) in [6.45, 7) is 0. The summed E-state index contributed by atoms with van der Waals surface area (Å²) in [5.41, 5.74) is -4.53. The summed E-state index contributed by atoms with van der Waals surface area (Å²) >= 11 is 14.4. The second kappa shape index (κ2) is 6.75. The fourth-order valence-electron chi connectivity index (χ4n) is 1.70. The molecule has 3 nitrogen and oxygen atoms in total. The summed E-state index contributed by atoms with van der Waals surface area (Å²) in [5, 5.41) is 0. The van der Waals surface area contributed by atoms with Crippen LogP contribution in [0.2, 0.25) is 0 Å². The number of benzene rings is 1. The smallest absolute Gasteiger partial charge is 0.427 e. The monoisotopic (exact) mass is 450 g/mol. The number of hydrogen-bond acceptors (Lipinski definition) is 3. The molecule has 0 bridgehead atoms. The third-order valence-electron chi connectivity index (χ3n) is 2.56. The zero-order valence-electron chi connectivity index (χ0n) is 11.3. The number of hydrogen-bond donors (Lipinski definition) is 0. The Morgan fingerprint density at radius 1 is 1.12 bits per heavy atom. The van der Waals surface area contributed by atoms with Gasteiger partial charge in [-0.05, 0) is 12.1 Å². The molecule has 25 heavy (non-hydrogen) atoms. The lowest BCUT2D eigenvalue weighted by molar-refractivity contribution is -0.198. The molecular weight excluding hydrogens is 448 g/mol. The minimum absolute atomic E-state index is 0.161. The first-order chi connectivity index (χ1) is 11.2. The maximum Gasteiger partial charge on any atom is 0.450 e. The van der Waals surface area contributed by atoms with Crippen LogP contribution in [0.3, 0.4) is 0 Å². The highest BCUT2D eigenvalue weighted by atomic mass is 35.5. The SMILES string of the molecule is FC(Cl)C(F)(F)Oc1cccc2c1nc(C(F)(F)F)n2SC(F)(Cl)Cl. The van der Waals surface area contributed by atoms with Crippen LogP contribution in [-0.2, 0) is 6.18 Å². The van der Waals surface area contributed by atoms with Gasteiger partial charge in [-0.3, -0.25) is 3.97 Å². The molecule has 0 amide bonds. The average molecular weight is 452 g/mol. The molecule has 0 aliphatic carbocycles. The Morgan fingerprint density at radius 2 is 1.72 bits per heavy atom. The summed E-state index contributed by atoms with van der Waals surface area (Å²) in [5.74, 6) is -2.61. The van der Waals surface area contributed by atoms with E-state index in [-0.39, 0.29) is 15.9 Å². The molecule has 0 radical (unpaired) electrons. The minimum Gasteiger partial charge on any atom is -0.427 e. The van der Waals surface area contributed by atoms with Gasteiger partial charge >= 0.3 is 16.2 Å². The zero-order valence-corrected chi connectivity index (χ0v) is 14.4. The Morgan fingerprint density at radius 3 is 2.20 bits per heavy atom. The molecule has 0 spiro atoms. The molecule has 2 rings (SSSR count). The van der Waals surface area contributed by atoms with Crippen molar-refractivity contribution < 1.29 is 35.5 Å². The van der Waals surface area contributed by atoms with Gasteiger partial charge in [-0.25, -0.2) is 9.37 Å². The highest BCUT2D eigenvalue weighted by molar-refractivity contribution is 8.01. The van der Waals surface area contributed by atoms with Crippen molar-refractivity contribution in [2.45, 2.75) is 21.8 Å². The first-order valence-corrected chi connectivity index (χ1v) is 7.89. The van der Waals surface area contributed by atoms with E-state index < -0.39 is 44.4 Å². The molecule has 140 valence electrons. The largest absolute Gasteiger partial charge is 0.450 e. The van der Waals surface area contributed by atoms with Crippen molar-refractivity contribution in [2.24, 2.45) is 0 Å². The normalized spacial score (nSPS) is 14.8. The van der Waals surface area contributed by atoms with Gasteiger partial charge in [0, 0.05) is 11.9 Å². The van der Waals surface area contributed by atoms with E-state index in [1.807, 2.05) is 0 Å². The molecular formula is C11H4Cl3F7N2OS. The van der Waals surface area contributed by atoms with Crippen molar-refractivity contribution >= 4 is 57.8 Å². The van der Waals surface area contributed by atoms with E-state index in [0.29, 0.717) is 0 Å². The van der Waals surface area contributed by atoms with E-state index in [2.05, 4.69) is 21.3 Å². The number of ether oxygens (including phenoxy) is 1. The van der Waals surface area contributed by atoms with Gasteiger partial charge in [0.15, 0.2) is 5.75 Å². The number of fused-ring (bicyclic) bond motifs is 1. The Hall–Kier alpha value is -0.780. The van der Waals surface area contributed by atoms with Crippen molar-refractivity contribution in [3.63, 3.8) is 0 Å². The average Bonchev–Trinajstić information content (AvgIpc) is 2.76. The molecule has 0 aliphatic heterocycles. The number of nitrogens with zero attached hydrogens (tertiary/aromatic N) is 2. The standard InChI is InChI=1S/C11H4Cl3F7N2OS/c12-7(15)10(19,20)24-5-3-1-2-4-6(5)22-8(9(16,17)18)23(4)25-11(13,14)21/h1-3,7H. The number of rotatable bonds is 5. The Labute approximate surface area is 154 Å². The van der Waals surface area contributed by atoms with Crippen LogP contribution in [0.15, 0.2) is 18.2 Å². The summed E-state index contributed by atoms with van der Waals surface area (Å²) < 4.78 is 92.9. The molecule has 1 aromatic heterocycles. The molecule has 0 N–H and O–H groups in total. The van der Waals surface area contributed by atoms with Crippen molar-refractivity contribution in [1.29, 1.82) is 0 Å². The molecule has 0 aliphatic rings. The zero-order chi connectivity index (χ0) is 19.2. The van der Waals surface area contributed by atoms with Gasteiger partial charge in [0.05, 0.1) is 5.52 Å². The highest BCUT2D eigenvalue weighted by Gasteiger charge is 2.44. The number of halogens is 10. The molecule has 0 fully saturated rings. The minimum atomic E-state index is -5.11. The summed E-state index contributed by atoms with van der Waals surface area (Å²) in [7, 11) is 0. The molecule has 0 saturated heterocycles. The Balaban J connectivity index is 2.66. The molecule has 0 saturated carbocycles. The van der Waals surface area contributed by atoms with E-state index in [0.717, 1.165) is 18.2 Å². The Bertz CT molecular complexity index is 775. The van der Waals surface area contributed by atoms with Gasteiger partial charge < -0.3 is 4.74 Å². The van der Waals surface area contributed by atoms with E-state index in [9.17, 15) is 30.7 Å².